The van der Waals surface area contributed by atoms with Crippen LogP contribution in [0.2, 0.25) is 0 Å². The summed E-state index contributed by atoms with van der Waals surface area (Å²) in [5.74, 6) is 0.247. The van der Waals surface area contributed by atoms with Crippen LogP contribution in [-0.2, 0) is 0 Å². The molecule has 2 atom stereocenters. The fraction of sp³-hybridized carbons (Fsp3) is 0.235. The molecule has 18 heavy (non-hydrogen) atoms. The molecule has 1 nitrogen and oxygen atoms in total. The van der Waals surface area contributed by atoms with E-state index in [4.69, 9.17) is 0 Å². The fourth-order valence-electron chi connectivity index (χ4n) is 2.40. The molecule has 0 aliphatic heterocycles. The van der Waals surface area contributed by atoms with Crippen molar-refractivity contribution in [1.29, 1.82) is 0 Å². The third-order valence-electron chi connectivity index (χ3n) is 3.31. The maximum absolute atomic E-state index is 9.88. The van der Waals surface area contributed by atoms with E-state index in [2.05, 4.69) is 25.1 Å². The lowest BCUT2D eigenvalue weighted by Gasteiger charge is -2.21. The Kier molecular flexibility index (Phi) is 4.16. The number of hydrogen-bond donors (Lipinski definition) is 1. The summed E-state index contributed by atoms with van der Waals surface area (Å²) >= 11 is 0. The fourth-order valence-corrected chi connectivity index (χ4v) is 2.40. The first kappa shape index (κ1) is 12.8. The molecular weight excluding hydrogens is 220 g/mol. The largest absolute Gasteiger partial charge is 0.389 e. The minimum Gasteiger partial charge on any atom is -0.389 e. The molecular formula is C17H19O. The Morgan fingerprint density at radius 1 is 0.944 bits per heavy atom. The number of benzene rings is 2. The predicted molar refractivity (Wildman–Crippen MR) is 75.3 cm³/mol. The SMILES string of the molecule is [CH2]CC(c1ccccc1)c1ccccc1C(C)O. The smallest absolute Gasteiger partial charge is 0.0764 e. The van der Waals surface area contributed by atoms with Crippen molar-refractivity contribution in [2.45, 2.75) is 25.4 Å². The van der Waals surface area contributed by atoms with Gasteiger partial charge < -0.3 is 5.11 Å². The molecule has 0 aliphatic carbocycles. The number of hydrogen-bond acceptors (Lipinski definition) is 1. The van der Waals surface area contributed by atoms with Crippen molar-refractivity contribution in [3.8, 4) is 0 Å². The Labute approximate surface area is 109 Å². The van der Waals surface area contributed by atoms with Crippen LogP contribution < -0.4 is 0 Å². The Bertz CT molecular complexity index is 488. The van der Waals surface area contributed by atoms with Gasteiger partial charge in [-0.05, 0) is 30.0 Å². The van der Waals surface area contributed by atoms with Crippen LogP contribution in [0.3, 0.4) is 0 Å². The molecule has 0 fully saturated rings. The van der Waals surface area contributed by atoms with Gasteiger partial charge in [0.05, 0.1) is 6.10 Å². The zero-order chi connectivity index (χ0) is 13.0. The monoisotopic (exact) mass is 239 g/mol. The van der Waals surface area contributed by atoms with Crippen LogP contribution in [0.1, 0.15) is 42.1 Å². The highest BCUT2D eigenvalue weighted by Gasteiger charge is 2.17. The third kappa shape index (κ3) is 2.62. The van der Waals surface area contributed by atoms with Crippen LogP contribution in [0.4, 0.5) is 0 Å². The summed E-state index contributed by atoms with van der Waals surface area (Å²) in [4.78, 5) is 0. The maximum Gasteiger partial charge on any atom is 0.0764 e. The van der Waals surface area contributed by atoms with Gasteiger partial charge in [0.1, 0.15) is 0 Å². The summed E-state index contributed by atoms with van der Waals surface area (Å²) < 4.78 is 0. The van der Waals surface area contributed by atoms with Crippen molar-refractivity contribution in [1.82, 2.24) is 0 Å². The van der Waals surface area contributed by atoms with Crippen molar-refractivity contribution in [3.05, 3.63) is 78.2 Å². The molecule has 2 aromatic rings. The van der Waals surface area contributed by atoms with Crippen molar-refractivity contribution in [2.75, 3.05) is 0 Å². The summed E-state index contributed by atoms with van der Waals surface area (Å²) in [6, 6.07) is 18.4. The highest BCUT2D eigenvalue weighted by atomic mass is 16.3. The number of aliphatic hydroxyl groups is 1. The molecule has 0 aliphatic rings. The van der Waals surface area contributed by atoms with Crippen LogP contribution in [-0.4, -0.2) is 5.11 Å². The summed E-state index contributed by atoms with van der Waals surface area (Å²) in [5.41, 5.74) is 3.42. The Morgan fingerprint density at radius 3 is 2.06 bits per heavy atom. The highest BCUT2D eigenvalue weighted by Crippen LogP contribution is 2.32. The van der Waals surface area contributed by atoms with E-state index in [9.17, 15) is 5.11 Å². The van der Waals surface area contributed by atoms with E-state index < -0.39 is 6.10 Å². The third-order valence-corrected chi connectivity index (χ3v) is 3.31. The van der Waals surface area contributed by atoms with Crippen molar-refractivity contribution >= 4 is 0 Å². The molecule has 0 saturated carbocycles. The van der Waals surface area contributed by atoms with Crippen molar-refractivity contribution < 1.29 is 5.11 Å². The van der Waals surface area contributed by atoms with Gasteiger partial charge in [0.15, 0.2) is 0 Å². The lowest BCUT2D eigenvalue weighted by atomic mass is 9.85. The molecule has 1 radical (unpaired) electrons. The average molecular weight is 239 g/mol. The maximum atomic E-state index is 9.88. The number of rotatable bonds is 4. The van der Waals surface area contributed by atoms with Gasteiger partial charge in [-0.25, -0.2) is 0 Å². The summed E-state index contributed by atoms with van der Waals surface area (Å²) in [6.45, 7) is 5.87. The lowest BCUT2D eigenvalue weighted by Crippen LogP contribution is -2.05. The molecule has 1 heteroatoms. The standard InChI is InChI=1S/C17H19O/c1-3-15(14-9-5-4-6-10-14)17-12-8-7-11-16(17)13(2)18/h4-13,15,18H,1,3H2,2H3. The van der Waals surface area contributed by atoms with E-state index in [0.29, 0.717) is 0 Å². The second kappa shape index (κ2) is 5.83. The normalized spacial score (nSPS) is 14.2. The molecule has 1 N–H and O–H groups in total. The second-order valence-electron chi connectivity index (χ2n) is 4.56. The average Bonchev–Trinajstić information content (AvgIpc) is 2.41. The van der Waals surface area contributed by atoms with Crippen molar-refractivity contribution in [3.63, 3.8) is 0 Å². The van der Waals surface area contributed by atoms with Gasteiger partial charge in [0, 0.05) is 5.92 Å². The van der Waals surface area contributed by atoms with Gasteiger partial charge in [-0.1, -0.05) is 61.5 Å². The van der Waals surface area contributed by atoms with E-state index >= 15 is 0 Å². The van der Waals surface area contributed by atoms with Crippen LogP contribution >= 0.6 is 0 Å². The van der Waals surface area contributed by atoms with E-state index in [1.165, 1.54) is 11.1 Å². The Balaban J connectivity index is 2.46. The topological polar surface area (TPSA) is 20.2 Å². The van der Waals surface area contributed by atoms with Gasteiger partial charge in [-0.15, -0.1) is 0 Å². The minimum absolute atomic E-state index is 0.247. The van der Waals surface area contributed by atoms with E-state index in [1.807, 2.05) is 43.3 Å². The van der Waals surface area contributed by atoms with Gasteiger partial charge >= 0.3 is 0 Å². The van der Waals surface area contributed by atoms with E-state index in [-0.39, 0.29) is 5.92 Å². The minimum atomic E-state index is -0.445. The zero-order valence-corrected chi connectivity index (χ0v) is 10.7. The van der Waals surface area contributed by atoms with Crippen LogP contribution in [0.25, 0.3) is 0 Å². The molecule has 2 aromatic carbocycles. The highest BCUT2D eigenvalue weighted by molar-refractivity contribution is 5.39. The Morgan fingerprint density at radius 2 is 1.50 bits per heavy atom. The molecule has 0 saturated heterocycles. The first-order chi connectivity index (χ1) is 8.74. The second-order valence-corrected chi connectivity index (χ2v) is 4.56. The molecule has 0 spiro atoms. The molecule has 2 unspecified atom stereocenters. The zero-order valence-electron chi connectivity index (χ0n) is 10.7. The Hall–Kier alpha value is -1.60. The number of aliphatic hydroxyl groups excluding tert-OH is 1. The van der Waals surface area contributed by atoms with E-state index in [0.717, 1.165) is 12.0 Å². The predicted octanol–water partition coefficient (Wildman–Crippen LogP) is 4.10. The molecule has 2 rings (SSSR count). The van der Waals surface area contributed by atoms with Crippen LogP contribution in [0, 0.1) is 6.92 Å². The first-order valence-electron chi connectivity index (χ1n) is 6.35. The van der Waals surface area contributed by atoms with Gasteiger partial charge in [-0.3, -0.25) is 0 Å². The van der Waals surface area contributed by atoms with E-state index in [1.54, 1.807) is 0 Å². The van der Waals surface area contributed by atoms with Crippen LogP contribution in [0.5, 0.6) is 0 Å². The molecule has 93 valence electrons. The summed E-state index contributed by atoms with van der Waals surface area (Å²) in [7, 11) is 0. The van der Waals surface area contributed by atoms with Gasteiger partial charge in [0.25, 0.3) is 0 Å². The molecule has 0 amide bonds. The van der Waals surface area contributed by atoms with Gasteiger partial charge in [0.2, 0.25) is 0 Å². The molecule has 0 aromatic heterocycles. The molecule has 0 heterocycles. The lowest BCUT2D eigenvalue weighted by molar-refractivity contribution is 0.198. The van der Waals surface area contributed by atoms with Crippen molar-refractivity contribution in [2.24, 2.45) is 0 Å². The van der Waals surface area contributed by atoms with Crippen LogP contribution in [0.15, 0.2) is 54.6 Å². The summed E-state index contributed by atoms with van der Waals surface area (Å²) in [6.07, 6.45) is 0.340. The quantitative estimate of drug-likeness (QED) is 0.851. The van der Waals surface area contributed by atoms with Gasteiger partial charge in [-0.2, -0.15) is 0 Å². The molecule has 0 bridgehead atoms. The first-order valence-corrected chi connectivity index (χ1v) is 6.35. The summed E-state index contributed by atoms with van der Waals surface area (Å²) in [5, 5.41) is 9.88.